The molecule has 3 nitrogen and oxygen atoms in total. The van der Waals surface area contributed by atoms with E-state index in [2.05, 4.69) is 21.2 Å². The maximum absolute atomic E-state index is 12.4. The minimum absolute atomic E-state index is 0.174. The summed E-state index contributed by atoms with van der Waals surface area (Å²) in [5.41, 5.74) is 3.43. The number of methoxy groups -OCH3 is 1. The van der Waals surface area contributed by atoms with Crippen molar-refractivity contribution in [3.63, 3.8) is 0 Å². The molecule has 2 aromatic carbocycles. The lowest BCUT2D eigenvalue weighted by Gasteiger charge is -2.13. The average Bonchev–Trinajstić information content (AvgIpc) is 2.42. The summed E-state index contributed by atoms with van der Waals surface area (Å²) in [6.45, 7) is 3.95. The Morgan fingerprint density at radius 3 is 2.40 bits per heavy atom. The zero-order chi connectivity index (χ0) is 14.7. The summed E-state index contributed by atoms with van der Waals surface area (Å²) in [5, 5.41) is 2.95. The molecule has 0 saturated heterocycles. The fourth-order valence-corrected chi connectivity index (χ4v) is 2.39. The summed E-state index contributed by atoms with van der Waals surface area (Å²) in [6.07, 6.45) is 0. The fraction of sp³-hybridized carbons (Fsp3) is 0.188. The van der Waals surface area contributed by atoms with Crippen LogP contribution in [0.1, 0.15) is 21.5 Å². The first-order valence-electron chi connectivity index (χ1n) is 6.24. The third-order valence-electron chi connectivity index (χ3n) is 3.13. The monoisotopic (exact) mass is 333 g/mol. The molecule has 0 spiro atoms. The number of benzene rings is 2. The second-order valence-electron chi connectivity index (χ2n) is 4.57. The van der Waals surface area contributed by atoms with Gasteiger partial charge in [-0.2, -0.15) is 0 Å². The largest absolute Gasteiger partial charge is 0.496 e. The molecule has 0 aliphatic rings. The Hall–Kier alpha value is -1.81. The van der Waals surface area contributed by atoms with E-state index >= 15 is 0 Å². The molecule has 0 aliphatic carbocycles. The van der Waals surface area contributed by atoms with Crippen molar-refractivity contribution in [2.24, 2.45) is 0 Å². The topological polar surface area (TPSA) is 38.3 Å². The van der Waals surface area contributed by atoms with Gasteiger partial charge in [0.1, 0.15) is 5.75 Å². The highest BCUT2D eigenvalue weighted by atomic mass is 79.9. The second-order valence-corrected chi connectivity index (χ2v) is 5.48. The van der Waals surface area contributed by atoms with Crippen LogP contribution in [0, 0.1) is 13.8 Å². The van der Waals surface area contributed by atoms with Gasteiger partial charge in [-0.1, -0.05) is 34.1 Å². The van der Waals surface area contributed by atoms with Crippen molar-refractivity contribution >= 4 is 27.5 Å². The summed E-state index contributed by atoms with van der Waals surface area (Å²) >= 11 is 3.36. The Bertz CT molecular complexity index is 633. The lowest BCUT2D eigenvalue weighted by Crippen LogP contribution is -2.14. The zero-order valence-corrected chi connectivity index (χ0v) is 13.2. The van der Waals surface area contributed by atoms with Gasteiger partial charge < -0.3 is 10.1 Å². The van der Waals surface area contributed by atoms with Crippen LogP contribution in [0.3, 0.4) is 0 Å². The van der Waals surface area contributed by atoms with Gasteiger partial charge in [-0.3, -0.25) is 4.79 Å². The highest BCUT2D eigenvalue weighted by molar-refractivity contribution is 9.10. The molecule has 0 radical (unpaired) electrons. The summed E-state index contributed by atoms with van der Waals surface area (Å²) in [5.74, 6) is 0.370. The number of anilines is 1. The van der Waals surface area contributed by atoms with Crippen LogP contribution < -0.4 is 10.1 Å². The number of halogens is 1. The van der Waals surface area contributed by atoms with Crippen molar-refractivity contribution < 1.29 is 9.53 Å². The number of hydrogen-bond donors (Lipinski definition) is 1. The normalized spacial score (nSPS) is 10.2. The molecule has 0 saturated carbocycles. The summed E-state index contributed by atoms with van der Waals surface area (Å²) in [4.78, 5) is 12.4. The first-order valence-corrected chi connectivity index (χ1v) is 7.03. The van der Waals surface area contributed by atoms with Crippen LogP contribution in [0.5, 0.6) is 5.75 Å². The lowest BCUT2D eigenvalue weighted by atomic mass is 10.1. The van der Waals surface area contributed by atoms with Crippen molar-refractivity contribution in [2.75, 3.05) is 12.4 Å². The van der Waals surface area contributed by atoms with Gasteiger partial charge in [-0.05, 0) is 43.2 Å². The molecule has 0 aromatic heterocycles. The van der Waals surface area contributed by atoms with Crippen LogP contribution in [-0.4, -0.2) is 13.0 Å². The van der Waals surface area contributed by atoms with E-state index in [9.17, 15) is 4.79 Å². The molecule has 104 valence electrons. The number of carbonyl (C=O) groups excluding carboxylic acids is 1. The standard InChI is InChI=1S/C16H16BrNO2/c1-10-5-4-6-11(2)15(10)18-16(19)13-8-7-12(17)9-14(13)20-3/h4-9H,1-3H3,(H,18,19). The Morgan fingerprint density at radius 1 is 1.15 bits per heavy atom. The highest BCUT2D eigenvalue weighted by Gasteiger charge is 2.14. The van der Waals surface area contributed by atoms with Crippen molar-refractivity contribution in [2.45, 2.75) is 13.8 Å². The molecule has 0 aliphatic heterocycles. The zero-order valence-electron chi connectivity index (χ0n) is 11.7. The van der Waals surface area contributed by atoms with Gasteiger partial charge in [-0.25, -0.2) is 0 Å². The van der Waals surface area contributed by atoms with Crippen LogP contribution in [-0.2, 0) is 0 Å². The molecule has 20 heavy (non-hydrogen) atoms. The molecular weight excluding hydrogens is 318 g/mol. The number of amides is 1. The minimum Gasteiger partial charge on any atom is -0.496 e. The van der Waals surface area contributed by atoms with Crippen LogP contribution in [0.15, 0.2) is 40.9 Å². The Balaban J connectivity index is 2.33. The molecule has 0 unspecified atom stereocenters. The van der Waals surface area contributed by atoms with Gasteiger partial charge in [0.2, 0.25) is 0 Å². The molecule has 0 heterocycles. The second kappa shape index (κ2) is 6.09. The minimum atomic E-state index is -0.174. The SMILES string of the molecule is COc1cc(Br)ccc1C(=O)Nc1c(C)cccc1C. The van der Waals surface area contributed by atoms with E-state index in [4.69, 9.17) is 4.74 Å². The third-order valence-corrected chi connectivity index (χ3v) is 3.62. The highest BCUT2D eigenvalue weighted by Crippen LogP contribution is 2.26. The number of rotatable bonds is 3. The third kappa shape index (κ3) is 3.02. The first kappa shape index (κ1) is 14.6. The van der Waals surface area contributed by atoms with Crippen LogP contribution in [0.25, 0.3) is 0 Å². The first-order chi connectivity index (χ1) is 9.52. The lowest BCUT2D eigenvalue weighted by molar-refractivity contribution is 0.102. The molecule has 4 heteroatoms. The Morgan fingerprint density at radius 2 is 1.80 bits per heavy atom. The number of hydrogen-bond acceptors (Lipinski definition) is 2. The summed E-state index contributed by atoms with van der Waals surface area (Å²) in [6, 6.07) is 11.3. The Kier molecular flexibility index (Phi) is 4.45. The van der Waals surface area contributed by atoms with Crippen LogP contribution >= 0.6 is 15.9 Å². The van der Waals surface area contributed by atoms with Gasteiger partial charge in [0.15, 0.2) is 0 Å². The van der Waals surface area contributed by atoms with E-state index in [1.165, 1.54) is 0 Å². The van der Waals surface area contributed by atoms with Gasteiger partial charge in [0.25, 0.3) is 5.91 Å². The smallest absolute Gasteiger partial charge is 0.259 e. The molecular formula is C16H16BrNO2. The predicted octanol–water partition coefficient (Wildman–Crippen LogP) is 4.33. The fourth-order valence-electron chi connectivity index (χ4n) is 2.05. The van der Waals surface area contributed by atoms with Crippen molar-refractivity contribution in [1.82, 2.24) is 0 Å². The van der Waals surface area contributed by atoms with E-state index in [0.717, 1.165) is 21.3 Å². The quantitative estimate of drug-likeness (QED) is 0.907. The van der Waals surface area contributed by atoms with Crippen molar-refractivity contribution in [1.29, 1.82) is 0 Å². The molecule has 0 atom stereocenters. The van der Waals surface area contributed by atoms with Crippen LogP contribution in [0.2, 0.25) is 0 Å². The number of ether oxygens (including phenoxy) is 1. The summed E-state index contributed by atoms with van der Waals surface area (Å²) < 4.78 is 6.13. The molecule has 1 N–H and O–H groups in total. The van der Waals surface area contributed by atoms with Crippen molar-refractivity contribution in [3.8, 4) is 5.75 Å². The maximum atomic E-state index is 12.4. The predicted molar refractivity (Wildman–Crippen MR) is 84.6 cm³/mol. The molecule has 1 amide bonds. The maximum Gasteiger partial charge on any atom is 0.259 e. The van der Waals surface area contributed by atoms with Gasteiger partial charge in [-0.15, -0.1) is 0 Å². The molecule has 2 aromatic rings. The van der Waals surface area contributed by atoms with E-state index in [0.29, 0.717) is 11.3 Å². The Labute approximate surface area is 127 Å². The van der Waals surface area contributed by atoms with E-state index < -0.39 is 0 Å². The number of nitrogens with one attached hydrogen (secondary N) is 1. The molecule has 0 fully saturated rings. The molecule has 2 rings (SSSR count). The van der Waals surface area contributed by atoms with E-state index in [1.54, 1.807) is 19.2 Å². The van der Waals surface area contributed by atoms with Crippen molar-refractivity contribution in [3.05, 3.63) is 57.6 Å². The van der Waals surface area contributed by atoms with Gasteiger partial charge >= 0.3 is 0 Å². The number of aryl methyl sites for hydroxylation is 2. The van der Waals surface area contributed by atoms with E-state index in [-0.39, 0.29) is 5.91 Å². The number of para-hydroxylation sites is 1. The average molecular weight is 334 g/mol. The van der Waals surface area contributed by atoms with Gasteiger partial charge in [0.05, 0.1) is 12.7 Å². The van der Waals surface area contributed by atoms with Gasteiger partial charge in [0, 0.05) is 10.2 Å². The number of carbonyl (C=O) groups is 1. The molecule has 0 bridgehead atoms. The van der Waals surface area contributed by atoms with E-state index in [1.807, 2.05) is 38.1 Å². The van der Waals surface area contributed by atoms with Crippen LogP contribution in [0.4, 0.5) is 5.69 Å². The summed E-state index contributed by atoms with van der Waals surface area (Å²) in [7, 11) is 1.55.